The normalized spacial score (nSPS) is 12.9. The summed E-state index contributed by atoms with van der Waals surface area (Å²) < 4.78 is 5.18. The Balaban J connectivity index is 2.71. The third-order valence-electron chi connectivity index (χ3n) is 1.74. The van der Waals surface area contributed by atoms with E-state index in [4.69, 9.17) is 10.3 Å². The van der Waals surface area contributed by atoms with Crippen LogP contribution in [0.4, 0.5) is 0 Å². The maximum absolute atomic E-state index is 11.4. The Morgan fingerprint density at radius 1 is 1.53 bits per heavy atom. The number of amides is 1. The summed E-state index contributed by atoms with van der Waals surface area (Å²) in [6.07, 6.45) is 0. The van der Waals surface area contributed by atoms with Gasteiger partial charge >= 0.3 is 0 Å². The van der Waals surface area contributed by atoms with Gasteiger partial charge in [0.15, 0.2) is 0 Å². The van der Waals surface area contributed by atoms with E-state index in [9.17, 15) is 4.79 Å². The van der Waals surface area contributed by atoms with Crippen molar-refractivity contribution in [3.63, 3.8) is 0 Å². The first-order chi connectivity index (χ1) is 7.04. The molecule has 0 saturated heterocycles. The largest absolute Gasteiger partial charge is 0.416 e. The number of thioether (sulfide) groups is 1. The van der Waals surface area contributed by atoms with Crippen LogP contribution in [0.5, 0.6) is 0 Å². The van der Waals surface area contributed by atoms with Gasteiger partial charge in [-0.3, -0.25) is 10.2 Å². The standard InChI is InChI=1S/C8H14N4O2S/c1-4(2)6(7(13)10-9)15-8-12-11-5(3)14-8/h4,6H,9H2,1-3H3,(H,10,13). The molecule has 1 rings (SSSR count). The summed E-state index contributed by atoms with van der Waals surface area (Å²) in [7, 11) is 0. The van der Waals surface area contributed by atoms with Crippen LogP contribution in [0.15, 0.2) is 9.64 Å². The third kappa shape index (κ3) is 3.21. The number of rotatable bonds is 4. The average molecular weight is 230 g/mol. The Bertz CT molecular complexity index is 339. The molecule has 0 fully saturated rings. The van der Waals surface area contributed by atoms with Crippen LogP contribution in [0.25, 0.3) is 0 Å². The van der Waals surface area contributed by atoms with Crippen molar-refractivity contribution in [1.82, 2.24) is 15.6 Å². The van der Waals surface area contributed by atoms with Gasteiger partial charge in [-0.15, -0.1) is 10.2 Å². The van der Waals surface area contributed by atoms with E-state index >= 15 is 0 Å². The molecule has 7 heteroatoms. The van der Waals surface area contributed by atoms with Crippen LogP contribution in [-0.2, 0) is 4.79 Å². The predicted octanol–water partition coefficient (Wildman–Crippen LogP) is 0.485. The lowest BCUT2D eigenvalue weighted by Gasteiger charge is -2.15. The second-order valence-electron chi connectivity index (χ2n) is 3.38. The fourth-order valence-electron chi connectivity index (χ4n) is 1.01. The predicted molar refractivity (Wildman–Crippen MR) is 55.8 cm³/mol. The van der Waals surface area contributed by atoms with Gasteiger partial charge in [-0.05, 0) is 5.92 Å². The highest BCUT2D eigenvalue weighted by Gasteiger charge is 2.25. The summed E-state index contributed by atoms with van der Waals surface area (Å²) in [6.45, 7) is 5.55. The number of carbonyl (C=O) groups excluding carboxylic acids is 1. The molecule has 0 radical (unpaired) electrons. The smallest absolute Gasteiger partial charge is 0.277 e. The minimum atomic E-state index is -0.324. The van der Waals surface area contributed by atoms with Gasteiger partial charge < -0.3 is 4.42 Å². The lowest BCUT2D eigenvalue weighted by molar-refractivity contribution is -0.121. The number of nitrogens with one attached hydrogen (secondary N) is 1. The van der Waals surface area contributed by atoms with Crippen LogP contribution in [0, 0.1) is 12.8 Å². The molecule has 1 heterocycles. The minimum absolute atomic E-state index is 0.130. The van der Waals surface area contributed by atoms with E-state index in [-0.39, 0.29) is 17.1 Å². The number of nitrogens with zero attached hydrogens (tertiary/aromatic N) is 2. The molecule has 0 aliphatic heterocycles. The van der Waals surface area contributed by atoms with Gasteiger partial charge in [0.25, 0.3) is 5.22 Å². The Kier molecular flexibility index (Phi) is 4.10. The summed E-state index contributed by atoms with van der Waals surface area (Å²) in [5.41, 5.74) is 2.12. The van der Waals surface area contributed by atoms with Gasteiger partial charge in [-0.25, -0.2) is 5.84 Å². The Hall–Kier alpha value is -1.08. The average Bonchev–Trinajstić information content (AvgIpc) is 2.59. The zero-order valence-electron chi connectivity index (χ0n) is 8.85. The highest BCUT2D eigenvalue weighted by atomic mass is 32.2. The highest BCUT2D eigenvalue weighted by Crippen LogP contribution is 2.26. The zero-order chi connectivity index (χ0) is 11.4. The van der Waals surface area contributed by atoms with Crippen LogP contribution in [-0.4, -0.2) is 21.4 Å². The van der Waals surface area contributed by atoms with Crippen molar-refractivity contribution < 1.29 is 9.21 Å². The number of nitrogens with two attached hydrogens (primary N) is 1. The molecule has 1 amide bonds. The van der Waals surface area contributed by atoms with Crippen molar-refractivity contribution in [2.45, 2.75) is 31.2 Å². The molecular weight excluding hydrogens is 216 g/mol. The van der Waals surface area contributed by atoms with Gasteiger partial charge in [-0.1, -0.05) is 25.6 Å². The topological polar surface area (TPSA) is 94.0 Å². The second kappa shape index (κ2) is 5.13. The summed E-state index contributed by atoms with van der Waals surface area (Å²) in [4.78, 5) is 11.4. The molecule has 1 aromatic heterocycles. The summed E-state index contributed by atoms with van der Waals surface area (Å²) >= 11 is 1.22. The highest BCUT2D eigenvalue weighted by molar-refractivity contribution is 8.00. The summed E-state index contributed by atoms with van der Waals surface area (Å²) in [5.74, 6) is 5.46. The molecule has 6 nitrogen and oxygen atoms in total. The van der Waals surface area contributed by atoms with E-state index < -0.39 is 0 Å². The summed E-state index contributed by atoms with van der Waals surface area (Å²) in [5, 5.41) is 7.55. The molecule has 3 N–H and O–H groups in total. The van der Waals surface area contributed by atoms with Crippen molar-refractivity contribution in [2.24, 2.45) is 11.8 Å². The van der Waals surface area contributed by atoms with Crippen molar-refractivity contribution in [2.75, 3.05) is 0 Å². The number of aryl methyl sites for hydroxylation is 1. The Labute approximate surface area is 92.0 Å². The molecule has 0 saturated carbocycles. The van der Waals surface area contributed by atoms with Crippen molar-refractivity contribution in [3.8, 4) is 0 Å². The van der Waals surface area contributed by atoms with Crippen LogP contribution in [0.3, 0.4) is 0 Å². The van der Waals surface area contributed by atoms with E-state index in [2.05, 4.69) is 15.6 Å². The number of carbonyl (C=O) groups is 1. The minimum Gasteiger partial charge on any atom is -0.416 e. The SMILES string of the molecule is Cc1nnc(SC(C(=O)NN)C(C)C)o1. The molecule has 0 aromatic carbocycles. The van der Waals surface area contributed by atoms with Crippen molar-refractivity contribution >= 4 is 17.7 Å². The first-order valence-corrected chi connectivity index (χ1v) is 5.39. The Morgan fingerprint density at radius 3 is 2.60 bits per heavy atom. The number of hydrogen-bond donors (Lipinski definition) is 2. The monoisotopic (exact) mass is 230 g/mol. The van der Waals surface area contributed by atoms with Crippen LogP contribution in [0.2, 0.25) is 0 Å². The molecule has 0 spiro atoms. The molecule has 1 aromatic rings. The molecule has 0 aliphatic rings. The van der Waals surface area contributed by atoms with Gasteiger partial charge in [0.1, 0.15) is 0 Å². The fraction of sp³-hybridized carbons (Fsp3) is 0.625. The molecular formula is C8H14N4O2S. The molecule has 1 atom stereocenters. The number of aromatic nitrogens is 2. The van der Waals surface area contributed by atoms with Gasteiger partial charge in [0.05, 0.1) is 5.25 Å². The maximum Gasteiger partial charge on any atom is 0.277 e. The quantitative estimate of drug-likeness (QED) is 0.338. The van der Waals surface area contributed by atoms with E-state index in [1.165, 1.54) is 11.8 Å². The molecule has 1 unspecified atom stereocenters. The van der Waals surface area contributed by atoms with E-state index in [1.807, 2.05) is 13.8 Å². The lowest BCUT2D eigenvalue weighted by Crippen LogP contribution is -2.39. The third-order valence-corrected chi connectivity index (χ3v) is 3.12. The van der Waals surface area contributed by atoms with E-state index in [0.717, 1.165) is 0 Å². The first-order valence-electron chi connectivity index (χ1n) is 4.51. The van der Waals surface area contributed by atoms with Crippen molar-refractivity contribution in [3.05, 3.63) is 5.89 Å². The van der Waals surface area contributed by atoms with Crippen LogP contribution < -0.4 is 11.3 Å². The van der Waals surface area contributed by atoms with Gasteiger partial charge in [-0.2, -0.15) is 0 Å². The second-order valence-corrected chi connectivity index (χ2v) is 4.47. The lowest BCUT2D eigenvalue weighted by atomic mass is 10.1. The Morgan fingerprint density at radius 2 is 2.20 bits per heavy atom. The van der Waals surface area contributed by atoms with E-state index in [1.54, 1.807) is 6.92 Å². The van der Waals surface area contributed by atoms with Gasteiger partial charge in [0, 0.05) is 6.92 Å². The first kappa shape index (κ1) is 12.0. The van der Waals surface area contributed by atoms with Crippen molar-refractivity contribution in [1.29, 1.82) is 0 Å². The molecule has 0 bridgehead atoms. The maximum atomic E-state index is 11.4. The molecule has 15 heavy (non-hydrogen) atoms. The number of hydrogen-bond acceptors (Lipinski definition) is 6. The molecule has 84 valence electrons. The van der Waals surface area contributed by atoms with Crippen LogP contribution in [0.1, 0.15) is 19.7 Å². The van der Waals surface area contributed by atoms with Gasteiger partial charge in [0.2, 0.25) is 11.8 Å². The summed E-state index contributed by atoms with van der Waals surface area (Å²) in [6, 6.07) is 0. The molecule has 0 aliphatic carbocycles. The fourth-order valence-corrected chi connectivity index (χ4v) is 1.93. The van der Waals surface area contributed by atoms with Crippen LogP contribution >= 0.6 is 11.8 Å². The number of hydrazine groups is 1. The zero-order valence-corrected chi connectivity index (χ0v) is 9.67. The van der Waals surface area contributed by atoms with E-state index in [0.29, 0.717) is 11.1 Å².